The Morgan fingerprint density at radius 1 is 1.24 bits per heavy atom. The Hall–Kier alpha value is -1.42. The van der Waals surface area contributed by atoms with Crippen LogP contribution in [-0.4, -0.2) is 28.1 Å². The molecular formula is C17H21ClN2O. The van der Waals surface area contributed by atoms with Gasteiger partial charge in [0.2, 0.25) is 0 Å². The molecule has 1 aromatic carbocycles. The highest BCUT2D eigenvalue weighted by molar-refractivity contribution is 6.29. The van der Waals surface area contributed by atoms with Crippen LogP contribution in [0.1, 0.15) is 29.7 Å². The molecule has 1 N–H and O–H groups in total. The van der Waals surface area contributed by atoms with Gasteiger partial charge in [0.05, 0.1) is 6.10 Å². The second-order valence-electron chi connectivity index (χ2n) is 5.24. The zero-order valence-corrected chi connectivity index (χ0v) is 13.2. The van der Waals surface area contributed by atoms with Gasteiger partial charge in [0.15, 0.2) is 0 Å². The lowest BCUT2D eigenvalue weighted by molar-refractivity contribution is 0.112. The van der Waals surface area contributed by atoms with Crippen molar-refractivity contribution in [3.63, 3.8) is 0 Å². The van der Waals surface area contributed by atoms with Gasteiger partial charge in [0.1, 0.15) is 5.15 Å². The number of nitrogens with zero attached hydrogens (tertiary/aromatic N) is 2. The molecule has 112 valence electrons. The van der Waals surface area contributed by atoms with Gasteiger partial charge in [-0.3, -0.25) is 4.90 Å². The van der Waals surface area contributed by atoms with Crippen LogP contribution >= 0.6 is 11.6 Å². The summed E-state index contributed by atoms with van der Waals surface area (Å²) in [5.41, 5.74) is 3.25. The molecule has 1 heterocycles. The maximum absolute atomic E-state index is 10.4. The fourth-order valence-electron chi connectivity index (χ4n) is 2.24. The van der Waals surface area contributed by atoms with Crippen LogP contribution in [0.25, 0.3) is 0 Å². The van der Waals surface area contributed by atoms with E-state index in [0.717, 1.165) is 24.2 Å². The molecule has 0 radical (unpaired) electrons. The molecule has 2 aromatic rings. The van der Waals surface area contributed by atoms with E-state index in [4.69, 9.17) is 11.6 Å². The van der Waals surface area contributed by atoms with E-state index in [-0.39, 0.29) is 0 Å². The van der Waals surface area contributed by atoms with Crippen LogP contribution in [0, 0.1) is 6.92 Å². The second kappa shape index (κ2) is 7.55. The predicted octanol–water partition coefficient (Wildman–Crippen LogP) is 3.60. The first-order valence-electron chi connectivity index (χ1n) is 7.16. The molecule has 0 aliphatic rings. The predicted molar refractivity (Wildman–Crippen MR) is 86.3 cm³/mol. The van der Waals surface area contributed by atoms with Crippen LogP contribution in [0.15, 0.2) is 42.6 Å². The summed E-state index contributed by atoms with van der Waals surface area (Å²) in [5.74, 6) is 0. The van der Waals surface area contributed by atoms with Crippen molar-refractivity contribution in [1.29, 1.82) is 0 Å². The zero-order valence-electron chi connectivity index (χ0n) is 12.5. The highest BCUT2D eigenvalue weighted by Gasteiger charge is 2.13. The number of likely N-dealkylation sites (N-methyl/N-ethyl adjacent to an activating group) is 1. The lowest BCUT2D eigenvalue weighted by Crippen LogP contribution is -2.28. The number of halogens is 1. The minimum absolute atomic E-state index is 0.483. The Kier molecular flexibility index (Phi) is 5.74. The number of aryl methyl sites for hydroxylation is 1. The molecule has 4 heteroatoms. The van der Waals surface area contributed by atoms with Gasteiger partial charge in [0, 0.05) is 19.3 Å². The fraction of sp³-hybridized carbons (Fsp3) is 0.353. The SMILES string of the molecule is CCN(Cc1ccnc(Cl)c1)CC(O)c1ccc(C)cc1. The first-order valence-corrected chi connectivity index (χ1v) is 7.53. The quantitative estimate of drug-likeness (QED) is 0.828. The molecule has 0 spiro atoms. The van der Waals surface area contributed by atoms with E-state index < -0.39 is 6.10 Å². The Morgan fingerprint density at radius 3 is 2.57 bits per heavy atom. The summed E-state index contributed by atoms with van der Waals surface area (Å²) in [6.45, 7) is 6.34. The van der Waals surface area contributed by atoms with Crippen LogP contribution < -0.4 is 0 Å². The summed E-state index contributed by atoms with van der Waals surface area (Å²) >= 11 is 5.91. The largest absolute Gasteiger partial charge is 0.387 e. The molecule has 0 saturated carbocycles. The van der Waals surface area contributed by atoms with E-state index in [1.165, 1.54) is 5.56 Å². The molecule has 0 saturated heterocycles. The highest BCUT2D eigenvalue weighted by Crippen LogP contribution is 2.17. The van der Waals surface area contributed by atoms with Crippen LogP contribution in [0.3, 0.4) is 0 Å². The first kappa shape index (κ1) is 16.0. The van der Waals surface area contributed by atoms with Crippen molar-refractivity contribution >= 4 is 11.6 Å². The molecule has 0 aliphatic carbocycles. The standard InChI is InChI=1S/C17H21ClN2O/c1-3-20(11-14-8-9-19-17(18)10-14)12-16(21)15-6-4-13(2)5-7-15/h4-10,16,21H,3,11-12H2,1-2H3. The average Bonchev–Trinajstić information content (AvgIpc) is 2.47. The van der Waals surface area contributed by atoms with Gasteiger partial charge in [0.25, 0.3) is 0 Å². The van der Waals surface area contributed by atoms with E-state index in [2.05, 4.69) is 16.8 Å². The summed E-state index contributed by atoms with van der Waals surface area (Å²) in [4.78, 5) is 6.18. The molecule has 0 bridgehead atoms. The molecule has 0 aliphatic heterocycles. The van der Waals surface area contributed by atoms with E-state index in [1.807, 2.05) is 43.3 Å². The Bertz CT molecular complexity index is 571. The third kappa shape index (κ3) is 4.81. The number of hydrogen-bond acceptors (Lipinski definition) is 3. The summed E-state index contributed by atoms with van der Waals surface area (Å²) < 4.78 is 0. The maximum Gasteiger partial charge on any atom is 0.129 e. The van der Waals surface area contributed by atoms with E-state index in [9.17, 15) is 5.11 Å². The highest BCUT2D eigenvalue weighted by atomic mass is 35.5. The van der Waals surface area contributed by atoms with Crippen molar-refractivity contribution in [3.8, 4) is 0 Å². The van der Waals surface area contributed by atoms with Crippen LogP contribution in [-0.2, 0) is 6.54 Å². The maximum atomic E-state index is 10.4. The van der Waals surface area contributed by atoms with Crippen molar-refractivity contribution in [2.45, 2.75) is 26.5 Å². The minimum Gasteiger partial charge on any atom is -0.387 e. The number of pyridine rings is 1. The lowest BCUT2D eigenvalue weighted by atomic mass is 10.1. The number of rotatable bonds is 6. The molecule has 21 heavy (non-hydrogen) atoms. The zero-order chi connectivity index (χ0) is 15.2. The van der Waals surface area contributed by atoms with Crippen molar-refractivity contribution in [3.05, 3.63) is 64.4 Å². The second-order valence-corrected chi connectivity index (χ2v) is 5.63. The Morgan fingerprint density at radius 2 is 1.95 bits per heavy atom. The molecule has 1 atom stereocenters. The summed E-state index contributed by atoms with van der Waals surface area (Å²) in [7, 11) is 0. The van der Waals surface area contributed by atoms with Crippen LogP contribution in [0.2, 0.25) is 5.15 Å². The third-order valence-electron chi connectivity index (χ3n) is 3.54. The Balaban J connectivity index is 2.00. The number of aliphatic hydroxyl groups is 1. The molecule has 0 fully saturated rings. The van der Waals surface area contributed by atoms with Gasteiger partial charge in [-0.15, -0.1) is 0 Å². The minimum atomic E-state index is -0.483. The van der Waals surface area contributed by atoms with Crippen molar-refractivity contribution in [1.82, 2.24) is 9.88 Å². The van der Waals surface area contributed by atoms with Crippen LogP contribution in [0.4, 0.5) is 0 Å². The number of aliphatic hydroxyl groups excluding tert-OH is 1. The van der Waals surface area contributed by atoms with Gasteiger partial charge < -0.3 is 5.11 Å². The lowest BCUT2D eigenvalue weighted by Gasteiger charge is -2.24. The molecule has 1 unspecified atom stereocenters. The normalized spacial score (nSPS) is 12.6. The molecule has 3 nitrogen and oxygen atoms in total. The topological polar surface area (TPSA) is 36.4 Å². The summed E-state index contributed by atoms with van der Waals surface area (Å²) in [6.07, 6.45) is 1.23. The van der Waals surface area contributed by atoms with Crippen molar-refractivity contribution in [2.24, 2.45) is 0 Å². The molecular weight excluding hydrogens is 284 g/mol. The van der Waals surface area contributed by atoms with E-state index >= 15 is 0 Å². The summed E-state index contributed by atoms with van der Waals surface area (Å²) in [5, 5.41) is 10.9. The third-order valence-corrected chi connectivity index (χ3v) is 3.74. The van der Waals surface area contributed by atoms with Gasteiger partial charge in [-0.1, -0.05) is 48.4 Å². The smallest absolute Gasteiger partial charge is 0.129 e. The molecule has 0 amide bonds. The first-order chi connectivity index (χ1) is 10.1. The van der Waals surface area contributed by atoms with Crippen molar-refractivity contribution in [2.75, 3.05) is 13.1 Å². The number of hydrogen-bond donors (Lipinski definition) is 1. The van der Waals surface area contributed by atoms with E-state index in [1.54, 1.807) is 6.20 Å². The van der Waals surface area contributed by atoms with Crippen molar-refractivity contribution < 1.29 is 5.11 Å². The molecule has 2 rings (SSSR count). The summed E-state index contributed by atoms with van der Waals surface area (Å²) in [6, 6.07) is 11.8. The Labute approximate surface area is 131 Å². The molecule has 1 aromatic heterocycles. The van der Waals surface area contributed by atoms with Gasteiger partial charge in [-0.05, 0) is 36.7 Å². The van der Waals surface area contributed by atoms with Gasteiger partial charge >= 0.3 is 0 Å². The fourth-order valence-corrected chi connectivity index (χ4v) is 2.44. The number of aromatic nitrogens is 1. The van der Waals surface area contributed by atoms with E-state index in [0.29, 0.717) is 11.7 Å². The number of benzene rings is 1. The monoisotopic (exact) mass is 304 g/mol. The van der Waals surface area contributed by atoms with Crippen LogP contribution in [0.5, 0.6) is 0 Å². The van der Waals surface area contributed by atoms with Gasteiger partial charge in [-0.25, -0.2) is 4.98 Å². The van der Waals surface area contributed by atoms with Gasteiger partial charge in [-0.2, -0.15) is 0 Å². The average molecular weight is 305 g/mol.